The molecule has 0 saturated heterocycles. The number of hydrogen-bond acceptors (Lipinski definition) is 4. The predicted molar refractivity (Wildman–Crippen MR) is 174 cm³/mol. The van der Waals surface area contributed by atoms with Gasteiger partial charge in [0, 0.05) is 52.7 Å². The summed E-state index contributed by atoms with van der Waals surface area (Å²) in [6.07, 6.45) is 3.53. The lowest BCUT2D eigenvalue weighted by Crippen LogP contribution is -2.34. The number of aryl methyl sites for hydroxylation is 1. The first-order chi connectivity index (χ1) is 20.6. The van der Waals surface area contributed by atoms with E-state index in [0.29, 0.717) is 53.2 Å². The van der Waals surface area contributed by atoms with E-state index in [1.807, 2.05) is 45.0 Å². The Morgan fingerprint density at radius 3 is 2.53 bits per heavy atom. The van der Waals surface area contributed by atoms with Gasteiger partial charge in [0.15, 0.2) is 0 Å². The number of aromatic amines is 1. The van der Waals surface area contributed by atoms with Crippen LogP contribution in [-0.2, 0) is 16.0 Å². The van der Waals surface area contributed by atoms with E-state index in [0.717, 1.165) is 47.7 Å². The molecule has 1 atom stereocenters. The van der Waals surface area contributed by atoms with Crippen molar-refractivity contribution in [3.05, 3.63) is 86.7 Å². The maximum atomic E-state index is 13.3. The van der Waals surface area contributed by atoms with Crippen LogP contribution in [0.5, 0.6) is 0 Å². The van der Waals surface area contributed by atoms with Gasteiger partial charge in [-0.2, -0.15) is 0 Å². The number of benzene rings is 2. The highest BCUT2D eigenvalue weighted by molar-refractivity contribution is 6.35. The molecule has 0 radical (unpaired) electrons. The molecule has 1 aromatic heterocycles. The molecule has 3 amide bonds. The third-order valence-corrected chi connectivity index (χ3v) is 8.43. The van der Waals surface area contributed by atoms with Gasteiger partial charge in [0.1, 0.15) is 0 Å². The summed E-state index contributed by atoms with van der Waals surface area (Å²) < 4.78 is 0. The molecule has 0 spiro atoms. The topological polar surface area (TPSA) is 106 Å². The number of aromatic nitrogens is 1. The molecule has 4 N–H and O–H groups in total. The molecule has 0 bridgehead atoms. The van der Waals surface area contributed by atoms with E-state index in [4.69, 9.17) is 11.6 Å². The number of carbonyl (C=O) groups excluding carboxylic acids is 3. The lowest BCUT2D eigenvalue weighted by Gasteiger charge is -2.18. The standard InChI is InChI=1S/C34H42ClN5O3/c1-6-29(23-10-9-11-25(35)18-23)38-33(42)24-12-14-30-27(19-24)28(34(43)39-30)20-31-21(4)26(22(5)37-31)13-15-32(41)36-16-17-40(7-2)8-3/h9-12,14,18-20,29,37H,6-8,13,15-17H2,1-5H3,(H,36,41)(H,38,42)(H,39,43)/b28-20-. The molecule has 1 aliphatic rings. The van der Waals surface area contributed by atoms with E-state index < -0.39 is 0 Å². The largest absolute Gasteiger partial charge is 0.359 e. The maximum Gasteiger partial charge on any atom is 0.256 e. The summed E-state index contributed by atoms with van der Waals surface area (Å²) in [5.74, 6) is -0.417. The van der Waals surface area contributed by atoms with E-state index in [1.165, 1.54) is 0 Å². The quantitative estimate of drug-likeness (QED) is 0.178. The fourth-order valence-electron chi connectivity index (χ4n) is 5.56. The number of nitrogens with zero attached hydrogens (tertiary/aromatic N) is 1. The summed E-state index contributed by atoms with van der Waals surface area (Å²) in [6.45, 7) is 13.6. The molecule has 0 saturated carbocycles. The second kappa shape index (κ2) is 14.5. The predicted octanol–water partition coefficient (Wildman–Crippen LogP) is 6.05. The van der Waals surface area contributed by atoms with Gasteiger partial charge in [0.05, 0.1) is 11.6 Å². The number of likely N-dealkylation sites (N-methyl/N-ethyl adjacent to an activating group) is 1. The molecule has 43 heavy (non-hydrogen) atoms. The minimum absolute atomic E-state index is 0.0302. The van der Waals surface area contributed by atoms with E-state index in [9.17, 15) is 14.4 Å². The van der Waals surface area contributed by atoms with Gasteiger partial charge < -0.3 is 25.8 Å². The summed E-state index contributed by atoms with van der Waals surface area (Å²) in [4.78, 5) is 44.4. The molecule has 0 aliphatic carbocycles. The minimum atomic E-state index is -0.224. The van der Waals surface area contributed by atoms with Gasteiger partial charge >= 0.3 is 0 Å². The average Bonchev–Trinajstić information content (AvgIpc) is 3.45. The van der Waals surface area contributed by atoms with Gasteiger partial charge in [-0.25, -0.2) is 0 Å². The summed E-state index contributed by atoms with van der Waals surface area (Å²) >= 11 is 6.17. The third-order valence-electron chi connectivity index (χ3n) is 8.20. The number of amides is 3. The van der Waals surface area contributed by atoms with Gasteiger partial charge in [-0.15, -0.1) is 0 Å². The third kappa shape index (κ3) is 7.75. The van der Waals surface area contributed by atoms with Crippen LogP contribution in [0.4, 0.5) is 5.69 Å². The van der Waals surface area contributed by atoms with Crippen molar-refractivity contribution in [2.24, 2.45) is 0 Å². The average molecular weight is 604 g/mol. The normalized spacial score (nSPS) is 14.1. The lowest BCUT2D eigenvalue weighted by molar-refractivity contribution is -0.121. The van der Waals surface area contributed by atoms with Crippen LogP contribution in [0.1, 0.15) is 83.7 Å². The number of fused-ring (bicyclic) bond motifs is 1. The van der Waals surface area contributed by atoms with Crippen LogP contribution < -0.4 is 16.0 Å². The molecule has 2 aromatic carbocycles. The van der Waals surface area contributed by atoms with Crippen molar-refractivity contribution in [2.75, 3.05) is 31.5 Å². The molecule has 9 heteroatoms. The van der Waals surface area contributed by atoms with Crippen molar-refractivity contribution < 1.29 is 14.4 Å². The summed E-state index contributed by atoms with van der Waals surface area (Å²) in [5, 5.41) is 9.65. The van der Waals surface area contributed by atoms with E-state index >= 15 is 0 Å². The van der Waals surface area contributed by atoms with Crippen LogP contribution >= 0.6 is 11.6 Å². The molecular formula is C34H42ClN5O3. The van der Waals surface area contributed by atoms with Crippen LogP contribution in [-0.4, -0.2) is 53.8 Å². The van der Waals surface area contributed by atoms with Crippen LogP contribution in [0.15, 0.2) is 42.5 Å². The summed E-state index contributed by atoms with van der Waals surface area (Å²) in [5.41, 5.74) is 7.09. The first-order valence-electron chi connectivity index (χ1n) is 15.1. The number of hydrogen-bond donors (Lipinski definition) is 4. The Balaban J connectivity index is 1.48. The summed E-state index contributed by atoms with van der Waals surface area (Å²) in [7, 11) is 0. The van der Waals surface area contributed by atoms with Crippen molar-refractivity contribution in [3.8, 4) is 0 Å². The Bertz CT molecular complexity index is 1520. The molecule has 228 valence electrons. The van der Waals surface area contributed by atoms with E-state index in [1.54, 1.807) is 24.3 Å². The van der Waals surface area contributed by atoms with Crippen LogP contribution in [0, 0.1) is 13.8 Å². The molecule has 8 nitrogen and oxygen atoms in total. The van der Waals surface area contributed by atoms with E-state index in [-0.39, 0.29) is 23.8 Å². The van der Waals surface area contributed by atoms with Gasteiger partial charge in [0.2, 0.25) is 5.91 Å². The Morgan fingerprint density at radius 1 is 1.07 bits per heavy atom. The van der Waals surface area contributed by atoms with E-state index in [2.05, 4.69) is 39.7 Å². The zero-order valence-electron chi connectivity index (χ0n) is 25.7. The number of H-pyrrole nitrogens is 1. The van der Waals surface area contributed by atoms with Crippen molar-refractivity contribution in [1.82, 2.24) is 20.5 Å². The Kier molecular flexibility index (Phi) is 10.8. The van der Waals surface area contributed by atoms with Gasteiger partial charge in [-0.1, -0.05) is 44.5 Å². The second-order valence-corrected chi connectivity index (χ2v) is 11.3. The smallest absolute Gasteiger partial charge is 0.256 e. The van der Waals surface area contributed by atoms with Crippen molar-refractivity contribution >= 4 is 46.7 Å². The fourth-order valence-corrected chi connectivity index (χ4v) is 5.76. The van der Waals surface area contributed by atoms with Crippen LogP contribution in [0.25, 0.3) is 11.6 Å². The Labute approximate surface area is 259 Å². The monoisotopic (exact) mass is 603 g/mol. The lowest BCUT2D eigenvalue weighted by atomic mass is 10.00. The summed E-state index contributed by atoms with van der Waals surface area (Å²) in [6, 6.07) is 12.5. The number of rotatable bonds is 13. The molecule has 3 aromatic rings. The zero-order valence-corrected chi connectivity index (χ0v) is 26.5. The van der Waals surface area contributed by atoms with Gasteiger partial charge in [-0.3, -0.25) is 14.4 Å². The maximum absolute atomic E-state index is 13.3. The molecule has 1 unspecified atom stereocenters. The van der Waals surface area contributed by atoms with Crippen molar-refractivity contribution in [3.63, 3.8) is 0 Å². The minimum Gasteiger partial charge on any atom is -0.359 e. The molecule has 0 fully saturated rings. The highest BCUT2D eigenvalue weighted by atomic mass is 35.5. The zero-order chi connectivity index (χ0) is 31.1. The SMILES string of the molecule is CCC(NC(=O)c1ccc2c(c1)/C(=C/c1[nH]c(C)c(CCC(=O)NCCN(CC)CC)c1C)C(=O)N2)c1cccc(Cl)c1. The van der Waals surface area contributed by atoms with Crippen LogP contribution in [0.3, 0.4) is 0 Å². The number of nitrogens with one attached hydrogen (secondary N) is 4. The number of anilines is 1. The highest BCUT2D eigenvalue weighted by Gasteiger charge is 2.27. The number of carbonyl (C=O) groups is 3. The Morgan fingerprint density at radius 2 is 1.84 bits per heavy atom. The van der Waals surface area contributed by atoms with Crippen molar-refractivity contribution in [1.29, 1.82) is 0 Å². The molecule has 1 aliphatic heterocycles. The Hall–Kier alpha value is -3.88. The second-order valence-electron chi connectivity index (χ2n) is 10.9. The van der Waals surface area contributed by atoms with Crippen LogP contribution in [0.2, 0.25) is 5.02 Å². The molecular weight excluding hydrogens is 562 g/mol. The van der Waals surface area contributed by atoms with Crippen molar-refractivity contribution in [2.45, 2.75) is 59.9 Å². The van der Waals surface area contributed by atoms with Gasteiger partial charge in [0.25, 0.3) is 11.8 Å². The number of halogens is 1. The van der Waals surface area contributed by atoms with Gasteiger partial charge in [-0.05, 0) is 92.9 Å². The molecule has 2 heterocycles. The first kappa shape index (κ1) is 32.0. The first-order valence-corrected chi connectivity index (χ1v) is 15.4. The fraction of sp³-hybridized carbons (Fsp3) is 0.382. The highest BCUT2D eigenvalue weighted by Crippen LogP contribution is 2.35. The molecule has 4 rings (SSSR count).